The molecule has 0 saturated heterocycles. The zero-order chi connectivity index (χ0) is 18.6. The third-order valence-corrected chi connectivity index (χ3v) is 4.51. The van der Waals surface area contributed by atoms with E-state index in [1.807, 2.05) is 37.3 Å². The normalized spacial score (nSPS) is 10.8. The highest BCUT2D eigenvalue weighted by molar-refractivity contribution is 14.0. The topological polar surface area (TPSA) is 78.7 Å². The first-order valence-corrected chi connectivity index (χ1v) is 9.73. The van der Waals surface area contributed by atoms with Crippen molar-refractivity contribution in [2.45, 2.75) is 18.4 Å². The summed E-state index contributed by atoms with van der Waals surface area (Å²) >= 11 is 7.60. The molecule has 148 valence electrons. The van der Waals surface area contributed by atoms with E-state index in [9.17, 15) is 4.79 Å². The molecule has 1 heterocycles. The number of rotatable bonds is 9. The molecule has 0 aliphatic carbocycles. The second kappa shape index (κ2) is 13.7. The van der Waals surface area contributed by atoms with Crippen LogP contribution in [-0.2, 0) is 11.3 Å². The van der Waals surface area contributed by atoms with Crippen LogP contribution < -0.4 is 16.0 Å². The van der Waals surface area contributed by atoms with E-state index in [4.69, 9.17) is 16.0 Å². The van der Waals surface area contributed by atoms with E-state index in [0.29, 0.717) is 18.3 Å². The van der Waals surface area contributed by atoms with Crippen molar-refractivity contribution in [2.24, 2.45) is 4.99 Å². The Bertz CT molecular complexity index is 696. The van der Waals surface area contributed by atoms with Crippen LogP contribution in [-0.4, -0.2) is 37.3 Å². The molecular weight excluding hydrogens is 499 g/mol. The molecule has 27 heavy (non-hydrogen) atoms. The third-order valence-electron chi connectivity index (χ3n) is 3.24. The van der Waals surface area contributed by atoms with Gasteiger partial charge in [0.25, 0.3) is 0 Å². The number of carbonyl (C=O) groups excluding carboxylic acids is 1. The minimum absolute atomic E-state index is 0. The number of furan rings is 1. The first-order valence-electron chi connectivity index (χ1n) is 8.37. The van der Waals surface area contributed by atoms with Crippen LogP contribution >= 0.6 is 47.3 Å². The van der Waals surface area contributed by atoms with Crippen molar-refractivity contribution >= 4 is 59.2 Å². The maximum Gasteiger partial charge on any atom is 0.242 e. The molecule has 9 heteroatoms. The summed E-state index contributed by atoms with van der Waals surface area (Å²) in [5, 5.41) is 9.85. The molecule has 0 fully saturated rings. The standard InChI is InChI=1S/C18H23ClN4O2S.HI/c1-2-20-18(21-9-11-26-16-7-5-14(19)6-8-16)23-13-17(24)22-12-15-4-3-10-25-15;/h3-8,10H,2,9,11-13H2,1H3,(H,22,24)(H2,20,21,23);1H. The lowest BCUT2D eigenvalue weighted by atomic mass is 10.4. The zero-order valence-corrected chi connectivity index (χ0v) is 18.9. The van der Waals surface area contributed by atoms with Gasteiger partial charge in [-0.2, -0.15) is 0 Å². The van der Waals surface area contributed by atoms with Gasteiger partial charge in [0.1, 0.15) is 12.3 Å². The van der Waals surface area contributed by atoms with E-state index in [0.717, 1.165) is 28.8 Å². The second-order valence-corrected chi connectivity index (χ2v) is 6.89. The summed E-state index contributed by atoms with van der Waals surface area (Å²) in [6.45, 7) is 3.86. The number of carbonyl (C=O) groups is 1. The van der Waals surface area contributed by atoms with E-state index < -0.39 is 0 Å². The van der Waals surface area contributed by atoms with Gasteiger partial charge in [-0.25, -0.2) is 4.99 Å². The van der Waals surface area contributed by atoms with Crippen molar-refractivity contribution in [1.29, 1.82) is 0 Å². The Kier molecular flexibility index (Phi) is 12.0. The Morgan fingerprint density at radius 3 is 2.63 bits per heavy atom. The Hall–Kier alpha value is -1.39. The molecule has 0 aliphatic rings. The number of thioether (sulfide) groups is 1. The van der Waals surface area contributed by atoms with Crippen molar-refractivity contribution in [2.75, 3.05) is 25.4 Å². The summed E-state index contributed by atoms with van der Waals surface area (Å²) in [6, 6.07) is 11.3. The predicted molar refractivity (Wildman–Crippen MR) is 122 cm³/mol. The molecule has 0 unspecified atom stereocenters. The molecule has 0 atom stereocenters. The van der Waals surface area contributed by atoms with E-state index >= 15 is 0 Å². The van der Waals surface area contributed by atoms with Gasteiger partial charge in [-0.15, -0.1) is 35.7 Å². The number of hydrogen-bond donors (Lipinski definition) is 3. The maximum absolute atomic E-state index is 11.9. The van der Waals surface area contributed by atoms with Crippen molar-refractivity contribution in [3.63, 3.8) is 0 Å². The van der Waals surface area contributed by atoms with Gasteiger partial charge < -0.3 is 20.4 Å². The molecule has 0 aliphatic heterocycles. The largest absolute Gasteiger partial charge is 0.467 e. The summed E-state index contributed by atoms with van der Waals surface area (Å²) in [7, 11) is 0. The van der Waals surface area contributed by atoms with Gasteiger partial charge >= 0.3 is 0 Å². The highest BCUT2D eigenvalue weighted by Crippen LogP contribution is 2.19. The van der Waals surface area contributed by atoms with Crippen molar-refractivity contribution in [3.8, 4) is 0 Å². The zero-order valence-electron chi connectivity index (χ0n) is 15.0. The molecule has 2 aromatic rings. The highest BCUT2D eigenvalue weighted by Gasteiger charge is 2.03. The van der Waals surface area contributed by atoms with E-state index in [1.165, 1.54) is 0 Å². The SMILES string of the molecule is CCNC(=NCC(=O)NCc1ccco1)NCCSc1ccc(Cl)cc1.I. The van der Waals surface area contributed by atoms with Gasteiger partial charge in [0.15, 0.2) is 5.96 Å². The van der Waals surface area contributed by atoms with Crippen LogP contribution in [0.25, 0.3) is 0 Å². The highest BCUT2D eigenvalue weighted by atomic mass is 127. The number of benzene rings is 1. The van der Waals surface area contributed by atoms with Gasteiger partial charge in [-0.3, -0.25) is 4.79 Å². The van der Waals surface area contributed by atoms with E-state index in [1.54, 1.807) is 24.1 Å². The second-order valence-electron chi connectivity index (χ2n) is 5.28. The smallest absolute Gasteiger partial charge is 0.242 e. The average molecular weight is 523 g/mol. The minimum atomic E-state index is -0.158. The predicted octanol–water partition coefficient (Wildman–Crippen LogP) is 3.51. The summed E-state index contributed by atoms with van der Waals surface area (Å²) in [4.78, 5) is 17.3. The molecule has 1 aromatic heterocycles. The number of aliphatic imine (C=N–C) groups is 1. The Balaban J connectivity index is 0.00000364. The van der Waals surface area contributed by atoms with Crippen LogP contribution in [0.2, 0.25) is 5.02 Å². The van der Waals surface area contributed by atoms with Crippen LogP contribution in [0.5, 0.6) is 0 Å². The van der Waals surface area contributed by atoms with Crippen LogP contribution in [0.3, 0.4) is 0 Å². The van der Waals surface area contributed by atoms with E-state index in [2.05, 4.69) is 20.9 Å². The lowest BCUT2D eigenvalue weighted by molar-refractivity contribution is -0.119. The minimum Gasteiger partial charge on any atom is -0.467 e. The Morgan fingerprint density at radius 1 is 1.19 bits per heavy atom. The summed E-state index contributed by atoms with van der Waals surface area (Å²) in [5.74, 6) is 2.05. The number of guanidine groups is 1. The van der Waals surface area contributed by atoms with Crippen molar-refractivity contribution < 1.29 is 9.21 Å². The van der Waals surface area contributed by atoms with Crippen LogP contribution in [0.15, 0.2) is 57.0 Å². The molecule has 0 radical (unpaired) electrons. The first-order chi connectivity index (χ1) is 12.7. The number of amides is 1. The van der Waals surface area contributed by atoms with Crippen LogP contribution in [0.4, 0.5) is 0 Å². The molecule has 1 aromatic carbocycles. The molecule has 3 N–H and O–H groups in total. The number of hydrogen-bond acceptors (Lipinski definition) is 4. The summed E-state index contributed by atoms with van der Waals surface area (Å²) in [5.41, 5.74) is 0. The van der Waals surface area contributed by atoms with Gasteiger partial charge in [0.05, 0.1) is 12.8 Å². The molecular formula is C18H24ClIN4O2S. The molecule has 1 amide bonds. The van der Waals surface area contributed by atoms with Crippen LogP contribution in [0.1, 0.15) is 12.7 Å². The average Bonchev–Trinajstić information content (AvgIpc) is 3.16. The quantitative estimate of drug-likeness (QED) is 0.154. The first kappa shape index (κ1) is 23.6. The van der Waals surface area contributed by atoms with Gasteiger partial charge in [0.2, 0.25) is 5.91 Å². The molecule has 0 spiro atoms. The van der Waals surface area contributed by atoms with Crippen molar-refractivity contribution in [3.05, 3.63) is 53.4 Å². The molecule has 0 bridgehead atoms. The Labute approximate surface area is 185 Å². The molecule has 2 rings (SSSR count). The fourth-order valence-corrected chi connectivity index (χ4v) is 2.91. The van der Waals surface area contributed by atoms with Gasteiger partial charge in [0, 0.05) is 28.8 Å². The third kappa shape index (κ3) is 9.92. The monoisotopic (exact) mass is 522 g/mol. The van der Waals surface area contributed by atoms with Gasteiger partial charge in [-0.1, -0.05) is 11.6 Å². The van der Waals surface area contributed by atoms with E-state index in [-0.39, 0.29) is 36.4 Å². The van der Waals surface area contributed by atoms with Crippen LogP contribution in [0, 0.1) is 0 Å². The van der Waals surface area contributed by atoms with Crippen molar-refractivity contribution in [1.82, 2.24) is 16.0 Å². The molecule has 0 saturated carbocycles. The van der Waals surface area contributed by atoms with Gasteiger partial charge in [-0.05, 0) is 43.3 Å². The lowest BCUT2D eigenvalue weighted by Crippen LogP contribution is -2.39. The lowest BCUT2D eigenvalue weighted by Gasteiger charge is -2.11. The molecule has 6 nitrogen and oxygen atoms in total. The summed E-state index contributed by atoms with van der Waals surface area (Å²) < 4.78 is 5.17. The summed E-state index contributed by atoms with van der Waals surface area (Å²) in [6.07, 6.45) is 1.58. The fraction of sp³-hybridized carbons (Fsp3) is 0.333. The number of nitrogens with one attached hydrogen (secondary N) is 3. The fourth-order valence-electron chi connectivity index (χ4n) is 2.02. The number of halogens is 2. The maximum atomic E-state index is 11.9. The number of nitrogens with zero attached hydrogens (tertiary/aromatic N) is 1. The Morgan fingerprint density at radius 2 is 1.96 bits per heavy atom.